The molecule has 0 unspecified atom stereocenters. The molecule has 0 aromatic heterocycles. The average Bonchev–Trinajstić information content (AvgIpc) is 2.45. The predicted molar refractivity (Wildman–Crippen MR) is 90.9 cm³/mol. The number of amides is 2. The summed E-state index contributed by atoms with van der Waals surface area (Å²) >= 11 is 1.67. The fourth-order valence-corrected chi connectivity index (χ4v) is 2.84. The Morgan fingerprint density at radius 2 is 1.95 bits per heavy atom. The van der Waals surface area contributed by atoms with Gasteiger partial charge in [-0.3, -0.25) is 9.59 Å². The molecule has 1 atom stereocenters. The number of halogens is 1. The molecule has 1 aliphatic rings. The molecule has 5 nitrogen and oxygen atoms in total. The van der Waals surface area contributed by atoms with Crippen LogP contribution in [-0.4, -0.2) is 42.5 Å². The molecular weight excluding hydrogens is 310 g/mol. The second-order valence-electron chi connectivity index (χ2n) is 5.33. The van der Waals surface area contributed by atoms with Crippen LogP contribution in [0.25, 0.3) is 0 Å². The third-order valence-electron chi connectivity index (χ3n) is 3.59. The lowest BCUT2D eigenvalue weighted by molar-refractivity contribution is -0.123. The zero-order valence-corrected chi connectivity index (χ0v) is 14.4. The summed E-state index contributed by atoms with van der Waals surface area (Å²) in [5.41, 5.74) is 5.74. The van der Waals surface area contributed by atoms with E-state index in [1.807, 2.05) is 6.26 Å². The minimum atomic E-state index is -0.469. The molecule has 0 spiro atoms. The SMILES string of the molecule is CSCC[C@H](N)C(=O)NCCC(=O)NC1CCCCC1.Cl. The Hall–Kier alpha value is -0.460. The van der Waals surface area contributed by atoms with Gasteiger partial charge in [-0.15, -0.1) is 12.4 Å². The predicted octanol–water partition coefficient (Wildman–Crippen LogP) is 1.44. The summed E-state index contributed by atoms with van der Waals surface area (Å²) < 4.78 is 0. The van der Waals surface area contributed by atoms with Gasteiger partial charge < -0.3 is 16.4 Å². The van der Waals surface area contributed by atoms with Gasteiger partial charge in [-0.1, -0.05) is 19.3 Å². The van der Waals surface area contributed by atoms with E-state index in [4.69, 9.17) is 5.73 Å². The molecule has 0 heterocycles. The van der Waals surface area contributed by atoms with Gasteiger partial charge in [0.25, 0.3) is 0 Å². The lowest BCUT2D eigenvalue weighted by atomic mass is 9.95. The Labute approximate surface area is 138 Å². The van der Waals surface area contributed by atoms with Crippen LogP contribution in [0.2, 0.25) is 0 Å². The van der Waals surface area contributed by atoms with Gasteiger partial charge in [0.15, 0.2) is 0 Å². The maximum absolute atomic E-state index is 11.7. The highest BCUT2D eigenvalue weighted by Crippen LogP contribution is 2.17. The molecule has 0 radical (unpaired) electrons. The van der Waals surface area contributed by atoms with Gasteiger partial charge in [0.2, 0.25) is 11.8 Å². The molecule has 7 heteroatoms. The van der Waals surface area contributed by atoms with E-state index in [2.05, 4.69) is 10.6 Å². The first-order valence-corrected chi connectivity index (χ1v) is 8.84. The van der Waals surface area contributed by atoms with Crippen LogP contribution < -0.4 is 16.4 Å². The Kier molecular flexibility index (Phi) is 11.9. The number of rotatable bonds is 8. The number of thioether (sulfide) groups is 1. The molecular formula is C14H28ClN3O2S. The van der Waals surface area contributed by atoms with Gasteiger partial charge in [0.05, 0.1) is 6.04 Å². The molecule has 1 aliphatic carbocycles. The number of nitrogens with one attached hydrogen (secondary N) is 2. The second kappa shape index (κ2) is 12.1. The fourth-order valence-electron chi connectivity index (χ4n) is 2.35. The first-order chi connectivity index (χ1) is 9.63. The Balaban J connectivity index is 0.00000400. The molecule has 2 amide bonds. The number of hydrogen-bond acceptors (Lipinski definition) is 4. The number of hydrogen-bond donors (Lipinski definition) is 3. The molecule has 0 aromatic rings. The van der Waals surface area contributed by atoms with Gasteiger partial charge in [-0.25, -0.2) is 0 Å². The lowest BCUT2D eigenvalue weighted by Gasteiger charge is -2.22. The number of carbonyl (C=O) groups is 2. The molecule has 0 aromatic carbocycles. The van der Waals surface area contributed by atoms with Crippen LogP contribution >= 0.6 is 24.2 Å². The van der Waals surface area contributed by atoms with Crippen LogP contribution in [0.15, 0.2) is 0 Å². The number of carbonyl (C=O) groups excluding carboxylic acids is 2. The minimum Gasteiger partial charge on any atom is -0.354 e. The summed E-state index contributed by atoms with van der Waals surface area (Å²) in [4.78, 5) is 23.4. The molecule has 1 saturated carbocycles. The summed E-state index contributed by atoms with van der Waals surface area (Å²) in [5.74, 6) is 0.732. The van der Waals surface area contributed by atoms with Crippen molar-refractivity contribution in [2.45, 2.75) is 57.0 Å². The molecule has 0 bridgehead atoms. The van der Waals surface area contributed by atoms with Crippen molar-refractivity contribution in [1.82, 2.24) is 10.6 Å². The zero-order chi connectivity index (χ0) is 14.8. The standard InChI is InChI=1S/C14H27N3O2S.ClH/c1-20-10-8-12(15)14(19)16-9-7-13(18)17-11-5-3-2-4-6-11;/h11-12H,2-10,15H2,1H3,(H,16,19)(H,17,18);1H/t12-;/m0./s1. The van der Waals surface area contributed by atoms with Gasteiger partial charge in [-0.2, -0.15) is 11.8 Å². The van der Waals surface area contributed by atoms with Crippen LogP contribution in [0.3, 0.4) is 0 Å². The van der Waals surface area contributed by atoms with Crippen molar-refractivity contribution in [3.8, 4) is 0 Å². The van der Waals surface area contributed by atoms with Crippen LogP contribution in [0.5, 0.6) is 0 Å². The largest absolute Gasteiger partial charge is 0.354 e. The normalized spacial score (nSPS) is 16.7. The van der Waals surface area contributed by atoms with E-state index >= 15 is 0 Å². The molecule has 0 saturated heterocycles. The molecule has 1 fully saturated rings. The van der Waals surface area contributed by atoms with Crippen LogP contribution in [0.4, 0.5) is 0 Å². The highest BCUT2D eigenvalue weighted by molar-refractivity contribution is 7.98. The summed E-state index contributed by atoms with van der Waals surface area (Å²) in [6, 6.07) is -0.139. The van der Waals surface area contributed by atoms with Crippen molar-refractivity contribution >= 4 is 36.0 Å². The Morgan fingerprint density at radius 3 is 2.57 bits per heavy atom. The Morgan fingerprint density at radius 1 is 1.29 bits per heavy atom. The summed E-state index contributed by atoms with van der Waals surface area (Å²) in [6.07, 6.45) is 8.82. The molecule has 1 rings (SSSR count). The zero-order valence-electron chi connectivity index (χ0n) is 12.7. The Bertz CT molecular complexity index is 313. The fraction of sp³-hybridized carbons (Fsp3) is 0.857. The third kappa shape index (κ3) is 9.22. The molecule has 124 valence electrons. The van der Waals surface area contributed by atoms with Crippen molar-refractivity contribution in [2.24, 2.45) is 5.73 Å². The van der Waals surface area contributed by atoms with Crippen molar-refractivity contribution in [3.63, 3.8) is 0 Å². The molecule has 21 heavy (non-hydrogen) atoms. The van der Waals surface area contributed by atoms with E-state index in [-0.39, 0.29) is 24.2 Å². The van der Waals surface area contributed by atoms with Crippen molar-refractivity contribution in [2.75, 3.05) is 18.6 Å². The average molecular weight is 338 g/mol. The number of nitrogens with two attached hydrogens (primary N) is 1. The summed E-state index contributed by atoms with van der Waals surface area (Å²) in [6.45, 7) is 0.365. The highest BCUT2D eigenvalue weighted by Gasteiger charge is 2.16. The molecule has 0 aliphatic heterocycles. The first-order valence-electron chi connectivity index (χ1n) is 7.45. The topological polar surface area (TPSA) is 84.2 Å². The van der Waals surface area contributed by atoms with Gasteiger partial charge in [-0.05, 0) is 31.3 Å². The monoisotopic (exact) mass is 337 g/mol. The van der Waals surface area contributed by atoms with E-state index in [0.717, 1.165) is 18.6 Å². The molecule has 4 N–H and O–H groups in total. The smallest absolute Gasteiger partial charge is 0.236 e. The van der Waals surface area contributed by atoms with Crippen LogP contribution in [0, 0.1) is 0 Å². The quantitative estimate of drug-likeness (QED) is 0.626. The van der Waals surface area contributed by atoms with Crippen molar-refractivity contribution in [1.29, 1.82) is 0 Å². The van der Waals surface area contributed by atoms with E-state index in [1.54, 1.807) is 11.8 Å². The van der Waals surface area contributed by atoms with E-state index in [0.29, 0.717) is 25.4 Å². The maximum Gasteiger partial charge on any atom is 0.236 e. The lowest BCUT2D eigenvalue weighted by Crippen LogP contribution is -2.43. The van der Waals surface area contributed by atoms with E-state index < -0.39 is 6.04 Å². The first kappa shape index (κ1) is 20.5. The summed E-state index contributed by atoms with van der Waals surface area (Å²) in [7, 11) is 0. The van der Waals surface area contributed by atoms with E-state index in [9.17, 15) is 9.59 Å². The van der Waals surface area contributed by atoms with Gasteiger partial charge in [0, 0.05) is 19.0 Å². The second-order valence-corrected chi connectivity index (χ2v) is 6.32. The van der Waals surface area contributed by atoms with E-state index in [1.165, 1.54) is 19.3 Å². The maximum atomic E-state index is 11.7. The summed E-state index contributed by atoms with van der Waals surface area (Å²) in [5, 5.41) is 5.76. The van der Waals surface area contributed by atoms with Crippen LogP contribution in [-0.2, 0) is 9.59 Å². The van der Waals surface area contributed by atoms with Gasteiger partial charge >= 0.3 is 0 Å². The minimum absolute atomic E-state index is 0. The van der Waals surface area contributed by atoms with Crippen molar-refractivity contribution in [3.05, 3.63) is 0 Å². The van der Waals surface area contributed by atoms with Crippen LogP contribution in [0.1, 0.15) is 44.9 Å². The van der Waals surface area contributed by atoms with Crippen molar-refractivity contribution < 1.29 is 9.59 Å². The highest BCUT2D eigenvalue weighted by atomic mass is 35.5. The third-order valence-corrected chi connectivity index (χ3v) is 4.24. The van der Waals surface area contributed by atoms with Gasteiger partial charge in [0.1, 0.15) is 0 Å².